The molecule has 0 aliphatic carbocycles. The van der Waals surface area contributed by atoms with E-state index in [4.69, 9.17) is 0 Å². The van der Waals surface area contributed by atoms with Crippen molar-refractivity contribution in [3.8, 4) is 0 Å². The molecule has 1 aromatic rings. The Balaban J connectivity index is 1.97. The van der Waals surface area contributed by atoms with E-state index in [2.05, 4.69) is 6.92 Å². The molecule has 2 aliphatic heterocycles. The second-order valence-electron chi connectivity index (χ2n) is 5.55. The van der Waals surface area contributed by atoms with Gasteiger partial charge in [-0.05, 0) is 37.8 Å². The zero-order valence-electron chi connectivity index (χ0n) is 11.3. The Kier molecular flexibility index (Phi) is 2.81. The molecule has 3 amide bonds. The van der Waals surface area contributed by atoms with Crippen LogP contribution in [0, 0.1) is 12.8 Å². The van der Waals surface area contributed by atoms with Crippen LogP contribution in [0.15, 0.2) is 24.3 Å². The van der Waals surface area contributed by atoms with Gasteiger partial charge >= 0.3 is 6.03 Å². The van der Waals surface area contributed by atoms with Crippen LogP contribution in [0.2, 0.25) is 0 Å². The van der Waals surface area contributed by atoms with Gasteiger partial charge in [0.1, 0.15) is 6.04 Å². The lowest BCUT2D eigenvalue weighted by Crippen LogP contribution is -2.44. The number of benzene rings is 1. The van der Waals surface area contributed by atoms with Gasteiger partial charge in [-0.15, -0.1) is 0 Å². The molecule has 2 aliphatic rings. The number of carbonyl (C=O) groups excluding carboxylic acids is 2. The quantitative estimate of drug-likeness (QED) is 0.726. The van der Waals surface area contributed by atoms with E-state index in [-0.39, 0.29) is 23.9 Å². The summed E-state index contributed by atoms with van der Waals surface area (Å²) < 4.78 is 0. The van der Waals surface area contributed by atoms with Crippen LogP contribution < -0.4 is 4.90 Å². The van der Waals surface area contributed by atoms with Crippen LogP contribution in [0.25, 0.3) is 0 Å². The second-order valence-corrected chi connectivity index (χ2v) is 5.55. The van der Waals surface area contributed by atoms with Gasteiger partial charge in [0.05, 0.1) is 5.69 Å². The number of carbonyl (C=O) groups is 2. The first-order valence-corrected chi connectivity index (χ1v) is 6.81. The van der Waals surface area contributed by atoms with Crippen LogP contribution in [0.3, 0.4) is 0 Å². The van der Waals surface area contributed by atoms with Crippen LogP contribution in [-0.2, 0) is 4.79 Å². The van der Waals surface area contributed by atoms with Gasteiger partial charge in [-0.2, -0.15) is 0 Å². The third-order valence-electron chi connectivity index (χ3n) is 4.14. The Morgan fingerprint density at radius 1 is 1.16 bits per heavy atom. The fourth-order valence-electron chi connectivity index (χ4n) is 3.07. The number of rotatable bonds is 1. The first-order chi connectivity index (χ1) is 9.09. The third-order valence-corrected chi connectivity index (χ3v) is 4.14. The molecule has 1 aromatic carbocycles. The number of amides is 3. The van der Waals surface area contributed by atoms with Gasteiger partial charge in [0, 0.05) is 6.54 Å². The molecular formula is C15H18N2O2. The third kappa shape index (κ3) is 1.82. The summed E-state index contributed by atoms with van der Waals surface area (Å²) in [4.78, 5) is 28.0. The number of piperidine rings is 1. The molecule has 2 saturated heterocycles. The maximum atomic E-state index is 12.5. The van der Waals surface area contributed by atoms with Gasteiger partial charge in [-0.3, -0.25) is 4.79 Å². The normalized spacial score (nSPS) is 26.8. The highest BCUT2D eigenvalue weighted by Gasteiger charge is 2.49. The number of anilines is 1. The molecule has 3 rings (SSSR count). The second kappa shape index (κ2) is 4.37. The monoisotopic (exact) mass is 258 g/mol. The van der Waals surface area contributed by atoms with E-state index in [9.17, 15) is 9.59 Å². The molecule has 2 heterocycles. The predicted molar refractivity (Wildman–Crippen MR) is 73.0 cm³/mol. The summed E-state index contributed by atoms with van der Waals surface area (Å²) >= 11 is 0. The highest BCUT2D eigenvalue weighted by atomic mass is 16.2. The average molecular weight is 258 g/mol. The zero-order chi connectivity index (χ0) is 13.6. The fraction of sp³-hybridized carbons (Fsp3) is 0.467. The van der Waals surface area contributed by atoms with Gasteiger partial charge < -0.3 is 4.90 Å². The molecule has 0 aromatic heterocycles. The van der Waals surface area contributed by atoms with Crippen LogP contribution in [0.1, 0.15) is 25.3 Å². The number of imide groups is 1. The van der Waals surface area contributed by atoms with Crippen molar-refractivity contribution in [3.05, 3.63) is 29.8 Å². The molecule has 19 heavy (non-hydrogen) atoms. The number of fused-ring (bicyclic) bond motifs is 1. The molecule has 0 radical (unpaired) electrons. The summed E-state index contributed by atoms with van der Waals surface area (Å²) in [6.07, 6.45) is 2.00. The summed E-state index contributed by atoms with van der Waals surface area (Å²) in [6, 6.07) is 7.11. The van der Waals surface area contributed by atoms with Gasteiger partial charge in [0.15, 0.2) is 0 Å². The highest BCUT2D eigenvalue weighted by Crippen LogP contribution is 2.33. The summed E-state index contributed by atoms with van der Waals surface area (Å²) in [5.74, 6) is 0.182. The number of hydrogen-bond acceptors (Lipinski definition) is 2. The average Bonchev–Trinajstić information content (AvgIpc) is 2.65. The molecule has 0 bridgehead atoms. The van der Waals surface area contributed by atoms with Crippen molar-refractivity contribution in [2.24, 2.45) is 5.92 Å². The Labute approximate surface area is 113 Å². The molecule has 4 heteroatoms. The molecule has 0 saturated carbocycles. The van der Waals surface area contributed by atoms with E-state index in [1.807, 2.05) is 31.2 Å². The maximum absolute atomic E-state index is 12.5. The van der Waals surface area contributed by atoms with Crippen molar-refractivity contribution >= 4 is 17.6 Å². The minimum atomic E-state index is -0.262. The summed E-state index contributed by atoms with van der Waals surface area (Å²) in [5, 5.41) is 0. The number of aryl methyl sites for hydroxylation is 1. The lowest BCUT2D eigenvalue weighted by molar-refractivity contribution is -0.121. The van der Waals surface area contributed by atoms with Gasteiger partial charge in [0.2, 0.25) is 0 Å². The zero-order valence-corrected chi connectivity index (χ0v) is 11.3. The minimum absolute atomic E-state index is 0.0685. The number of urea groups is 1. The molecule has 100 valence electrons. The van der Waals surface area contributed by atoms with Gasteiger partial charge in [0.25, 0.3) is 5.91 Å². The first kappa shape index (κ1) is 12.2. The molecule has 2 fully saturated rings. The summed E-state index contributed by atoms with van der Waals surface area (Å²) in [7, 11) is 0. The van der Waals surface area contributed by atoms with E-state index in [1.165, 1.54) is 4.90 Å². The SMILES string of the molecule is Cc1ccc(N2C(=O)C3C(C)CCCN3C2=O)cc1. The smallest absolute Gasteiger partial charge is 0.312 e. The fourth-order valence-corrected chi connectivity index (χ4v) is 3.07. The minimum Gasteiger partial charge on any atom is -0.312 e. The molecular weight excluding hydrogens is 240 g/mol. The topological polar surface area (TPSA) is 40.6 Å². The summed E-state index contributed by atoms with van der Waals surface area (Å²) in [6.45, 7) is 4.74. The molecule has 0 N–H and O–H groups in total. The van der Waals surface area contributed by atoms with E-state index in [1.54, 1.807) is 4.90 Å². The lowest BCUT2D eigenvalue weighted by atomic mass is 9.91. The maximum Gasteiger partial charge on any atom is 0.332 e. The highest BCUT2D eigenvalue weighted by molar-refractivity contribution is 6.21. The number of hydrogen-bond donors (Lipinski definition) is 0. The van der Waals surface area contributed by atoms with Crippen molar-refractivity contribution in [2.75, 3.05) is 11.4 Å². The Morgan fingerprint density at radius 2 is 1.84 bits per heavy atom. The molecule has 2 unspecified atom stereocenters. The van der Waals surface area contributed by atoms with Crippen molar-refractivity contribution in [3.63, 3.8) is 0 Å². The van der Waals surface area contributed by atoms with Crippen LogP contribution in [0.4, 0.5) is 10.5 Å². The van der Waals surface area contributed by atoms with Crippen LogP contribution in [0.5, 0.6) is 0 Å². The standard InChI is InChI=1S/C15H18N2O2/c1-10-5-7-12(8-6-10)17-14(18)13-11(2)4-3-9-16(13)15(17)19/h5-8,11,13H,3-4,9H2,1-2H3. The van der Waals surface area contributed by atoms with Crippen molar-refractivity contribution in [2.45, 2.75) is 32.7 Å². The Morgan fingerprint density at radius 3 is 2.47 bits per heavy atom. The van der Waals surface area contributed by atoms with Crippen molar-refractivity contribution < 1.29 is 9.59 Å². The summed E-state index contributed by atoms with van der Waals surface area (Å²) in [5.41, 5.74) is 1.80. The Bertz CT molecular complexity index is 523. The molecule has 2 atom stereocenters. The first-order valence-electron chi connectivity index (χ1n) is 6.81. The van der Waals surface area contributed by atoms with Crippen LogP contribution in [-0.4, -0.2) is 29.4 Å². The predicted octanol–water partition coefficient (Wildman–Crippen LogP) is 2.56. The van der Waals surface area contributed by atoms with E-state index in [0.29, 0.717) is 12.2 Å². The van der Waals surface area contributed by atoms with Crippen molar-refractivity contribution in [1.82, 2.24) is 4.90 Å². The number of nitrogens with zero attached hydrogens (tertiary/aromatic N) is 2. The Hall–Kier alpha value is -1.84. The largest absolute Gasteiger partial charge is 0.332 e. The van der Waals surface area contributed by atoms with E-state index < -0.39 is 0 Å². The molecule has 0 spiro atoms. The van der Waals surface area contributed by atoms with Gasteiger partial charge in [-0.1, -0.05) is 24.6 Å². The van der Waals surface area contributed by atoms with Crippen molar-refractivity contribution in [1.29, 1.82) is 0 Å². The van der Waals surface area contributed by atoms with E-state index in [0.717, 1.165) is 18.4 Å². The molecule has 4 nitrogen and oxygen atoms in total. The van der Waals surface area contributed by atoms with Crippen LogP contribution >= 0.6 is 0 Å². The lowest BCUT2D eigenvalue weighted by Gasteiger charge is -2.31. The van der Waals surface area contributed by atoms with Gasteiger partial charge in [-0.25, -0.2) is 9.69 Å². The van der Waals surface area contributed by atoms with E-state index >= 15 is 0 Å².